The summed E-state index contributed by atoms with van der Waals surface area (Å²) in [5.74, 6) is -1.82. The van der Waals surface area contributed by atoms with Crippen LogP contribution >= 0.6 is 23.2 Å². The largest absolute Gasteiger partial charge is 0.339 e. The van der Waals surface area contributed by atoms with E-state index in [0.717, 1.165) is 4.90 Å². The highest BCUT2D eigenvalue weighted by Gasteiger charge is 2.45. The summed E-state index contributed by atoms with van der Waals surface area (Å²) in [5.41, 5.74) is -1.77. The highest BCUT2D eigenvalue weighted by atomic mass is 35.5. The fourth-order valence-corrected chi connectivity index (χ4v) is 2.99. The second-order valence-electron chi connectivity index (χ2n) is 8.19. The van der Waals surface area contributed by atoms with E-state index in [-0.39, 0.29) is 10.7 Å². The second kappa shape index (κ2) is 8.30. The number of Topliss-reactive ketones (excluding diaryl/α,β-unsaturated/α-hetero) is 1. The zero-order chi connectivity index (χ0) is 22.1. The van der Waals surface area contributed by atoms with Gasteiger partial charge < -0.3 is 15.4 Å². The molecule has 0 aromatic heterocycles. The summed E-state index contributed by atoms with van der Waals surface area (Å²) < 4.78 is 5.46. The molecular weight excluding hydrogens is 421 g/mol. The lowest BCUT2D eigenvalue weighted by Gasteiger charge is -2.25. The lowest BCUT2D eigenvalue weighted by Crippen LogP contribution is -2.46. The standard InChI is InChI=1S/C19H23Cl2N3O5/c1-18(2,3)14(25)13(15(26)22-12-7-6-10(20)8-11(12)21)29-9-24-16(27)19(4,5)23-17(24)28/h6-8,13H,9H2,1-5H3,(H,22,26)(H,23,28). The molecule has 0 aliphatic carbocycles. The molecule has 2 rings (SSSR count). The molecule has 2 N–H and O–H groups in total. The minimum Gasteiger partial charge on any atom is -0.339 e. The van der Waals surface area contributed by atoms with Crippen molar-refractivity contribution in [2.75, 3.05) is 12.0 Å². The number of nitrogens with one attached hydrogen (secondary N) is 2. The third-order valence-electron chi connectivity index (χ3n) is 4.22. The Bertz CT molecular complexity index is 864. The molecule has 1 aromatic rings. The van der Waals surface area contributed by atoms with Gasteiger partial charge in [0.15, 0.2) is 11.9 Å². The van der Waals surface area contributed by atoms with Gasteiger partial charge >= 0.3 is 6.03 Å². The van der Waals surface area contributed by atoms with Crippen LogP contribution < -0.4 is 10.6 Å². The van der Waals surface area contributed by atoms with Crippen LogP contribution in [0.2, 0.25) is 10.0 Å². The number of ether oxygens (including phenoxy) is 1. The predicted molar refractivity (Wildman–Crippen MR) is 109 cm³/mol. The Kier molecular flexibility index (Phi) is 6.61. The quantitative estimate of drug-likeness (QED) is 0.518. The van der Waals surface area contributed by atoms with E-state index in [4.69, 9.17) is 27.9 Å². The summed E-state index contributed by atoms with van der Waals surface area (Å²) in [6.07, 6.45) is -1.56. The van der Waals surface area contributed by atoms with Crippen LogP contribution in [0.15, 0.2) is 18.2 Å². The normalized spacial score (nSPS) is 17.1. The smallest absolute Gasteiger partial charge is 0.326 e. The maximum absolute atomic E-state index is 12.8. The van der Waals surface area contributed by atoms with Crippen LogP contribution in [0.5, 0.6) is 0 Å². The van der Waals surface area contributed by atoms with Crippen molar-refractivity contribution in [1.82, 2.24) is 10.2 Å². The van der Waals surface area contributed by atoms with Crippen LogP contribution in [0.25, 0.3) is 0 Å². The number of carbonyl (C=O) groups excluding carboxylic acids is 4. The Morgan fingerprint density at radius 1 is 1.24 bits per heavy atom. The molecular formula is C19H23Cl2N3O5. The van der Waals surface area contributed by atoms with Crippen LogP contribution in [-0.4, -0.2) is 46.9 Å². The van der Waals surface area contributed by atoms with Crippen molar-refractivity contribution in [3.05, 3.63) is 28.2 Å². The number of amides is 4. The molecule has 158 valence electrons. The molecule has 1 heterocycles. The zero-order valence-electron chi connectivity index (χ0n) is 16.8. The Hall–Kier alpha value is -2.16. The first kappa shape index (κ1) is 23.1. The molecule has 0 spiro atoms. The summed E-state index contributed by atoms with van der Waals surface area (Å²) in [4.78, 5) is 50.7. The Labute approximate surface area is 178 Å². The van der Waals surface area contributed by atoms with Crippen molar-refractivity contribution in [3.8, 4) is 0 Å². The first-order chi connectivity index (χ1) is 13.2. The number of urea groups is 1. The van der Waals surface area contributed by atoms with Gasteiger partial charge in [-0.25, -0.2) is 9.69 Å². The van der Waals surface area contributed by atoms with Crippen LogP contribution in [-0.2, 0) is 19.1 Å². The maximum atomic E-state index is 12.8. The van der Waals surface area contributed by atoms with Crippen molar-refractivity contribution in [2.24, 2.45) is 5.41 Å². The van der Waals surface area contributed by atoms with E-state index in [1.165, 1.54) is 18.2 Å². The van der Waals surface area contributed by atoms with E-state index in [1.807, 2.05) is 0 Å². The molecule has 29 heavy (non-hydrogen) atoms. The molecule has 1 aromatic carbocycles. The van der Waals surface area contributed by atoms with Crippen molar-refractivity contribution in [3.63, 3.8) is 0 Å². The van der Waals surface area contributed by atoms with E-state index >= 15 is 0 Å². The van der Waals surface area contributed by atoms with Gasteiger partial charge in [-0.15, -0.1) is 0 Å². The Balaban J connectivity index is 2.21. The topological polar surface area (TPSA) is 105 Å². The summed E-state index contributed by atoms with van der Waals surface area (Å²) in [6, 6.07) is 3.79. The van der Waals surface area contributed by atoms with Gasteiger partial charge in [0.05, 0.1) is 10.7 Å². The molecule has 1 fully saturated rings. The third kappa shape index (κ3) is 5.26. The van der Waals surface area contributed by atoms with Crippen LogP contribution in [0.1, 0.15) is 34.6 Å². The van der Waals surface area contributed by atoms with Crippen molar-refractivity contribution in [2.45, 2.75) is 46.3 Å². The van der Waals surface area contributed by atoms with Crippen molar-refractivity contribution < 1.29 is 23.9 Å². The fourth-order valence-electron chi connectivity index (χ4n) is 2.54. The first-order valence-corrected chi connectivity index (χ1v) is 9.55. The van der Waals surface area contributed by atoms with Gasteiger partial charge in [0.2, 0.25) is 0 Å². The molecule has 1 unspecified atom stereocenters. The van der Waals surface area contributed by atoms with Gasteiger partial charge in [0.1, 0.15) is 12.3 Å². The Morgan fingerprint density at radius 3 is 2.34 bits per heavy atom. The minimum atomic E-state index is -1.56. The second-order valence-corrected chi connectivity index (χ2v) is 9.04. The fraction of sp³-hybridized carbons (Fsp3) is 0.474. The molecule has 0 bridgehead atoms. The number of halogens is 2. The molecule has 1 saturated heterocycles. The molecule has 10 heteroatoms. The number of ketones is 1. The number of imide groups is 1. The number of hydrogen-bond acceptors (Lipinski definition) is 5. The highest BCUT2D eigenvalue weighted by molar-refractivity contribution is 6.36. The molecule has 0 saturated carbocycles. The van der Waals surface area contributed by atoms with E-state index in [2.05, 4.69) is 10.6 Å². The lowest BCUT2D eigenvalue weighted by molar-refractivity contribution is -0.152. The zero-order valence-corrected chi connectivity index (χ0v) is 18.3. The average molecular weight is 444 g/mol. The molecule has 1 aliphatic heterocycles. The van der Waals surface area contributed by atoms with Gasteiger partial charge in [0.25, 0.3) is 11.8 Å². The number of anilines is 1. The molecule has 1 atom stereocenters. The highest BCUT2D eigenvalue weighted by Crippen LogP contribution is 2.27. The van der Waals surface area contributed by atoms with E-state index in [0.29, 0.717) is 5.02 Å². The number of nitrogens with zero attached hydrogens (tertiary/aromatic N) is 1. The molecule has 0 radical (unpaired) electrons. The van der Waals surface area contributed by atoms with Crippen molar-refractivity contribution >= 4 is 52.5 Å². The first-order valence-electron chi connectivity index (χ1n) is 8.80. The van der Waals surface area contributed by atoms with E-state index < -0.39 is 47.4 Å². The van der Waals surface area contributed by atoms with Crippen LogP contribution in [0, 0.1) is 5.41 Å². The summed E-state index contributed by atoms with van der Waals surface area (Å²) in [7, 11) is 0. The Morgan fingerprint density at radius 2 is 1.86 bits per heavy atom. The predicted octanol–water partition coefficient (Wildman–Crippen LogP) is 3.22. The SMILES string of the molecule is CC(C)(C)C(=O)C(OCN1C(=O)NC(C)(C)C1=O)C(=O)Nc1ccc(Cl)cc1Cl. The van der Waals surface area contributed by atoms with Gasteiger partial charge in [-0.1, -0.05) is 44.0 Å². The number of rotatable bonds is 6. The monoisotopic (exact) mass is 443 g/mol. The van der Waals surface area contributed by atoms with Crippen LogP contribution in [0.4, 0.5) is 10.5 Å². The summed E-state index contributed by atoms with van der Waals surface area (Å²) in [6.45, 7) is 7.42. The number of hydrogen-bond donors (Lipinski definition) is 2. The van der Waals surface area contributed by atoms with E-state index in [1.54, 1.807) is 34.6 Å². The lowest BCUT2D eigenvalue weighted by atomic mass is 9.87. The van der Waals surface area contributed by atoms with E-state index in [9.17, 15) is 19.2 Å². The van der Waals surface area contributed by atoms with Gasteiger partial charge in [0, 0.05) is 10.4 Å². The molecule has 1 aliphatic rings. The summed E-state index contributed by atoms with van der Waals surface area (Å²) in [5, 5.41) is 5.59. The van der Waals surface area contributed by atoms with Gasteiger partial charge in [-0.05, 0) is 32.0 Å². The van der Waals surface area contributed by atoms with Gasteiger partial charge in [-0.2, -0.15) is 0 Å². The third-order valence-corrected chi connectivity index (χ3v) is 4.77. The van der Waals surface area contributed by atoms with Gasteiger partial charge in [-0.3, -0.25) is 14.4 Å². The maximum Gasteiger partial charge on any atom is 0.326 e. The van der Waals surface area contributed by atoms with Crippen LogP contribution in [0.3, 0.4) is 0 Å². The van der Waals surface area contributed by atoms with Crippen molar-refractivity contribution in [1.29, 1.82) is 0 Å². The molecule has 8 nitrogen and oxygen atoms in total. The molecule has 4 amide bonds. The minimum absolute atomic E-state index is 0.184. The summed E-state index contributed by atoms with van der Waals surface area (Å²) >= 11 is 11.9. The average Bonchev–Trinajstić information content (AvgIpc) is 2.77. The number of benzene rings is 1. The number of carbonyl (C=O) groups is 4.